The van der Waals surface area contributed by atoms with Crippen LogP contribution in [0.2, 0.25) is 0 Å². The van der Waals surface area contributed by atoms with E-state index in [4.69, 9.17) is 0 Å². The van der Waals surface area contributed by atoms with Gasteiger partial charge in [-0.25, -0.2) is 0 Å². The molecular formula is C14H22N2OS. The van der Waals surface area contributed by atoms with Crippen LogP contribution >= 0.6 is 11.3 Å². The van der Waals surface area contributed by atoms with Crippen LogP contribution in [0, 0.1) is 12.8 Å². The minimum Gasteiger partial charge on any atom is -0.351 e. The number of hydrogen-bond donors (Lipinski definition) is 2. The number of nitrogens with one attached hydrogen (secondary N) is 2. The molecule has 0 saturated carbocycles. The van der Waals surface area contributed by atoms with E-state index in [0.717, 1.165) is 13.0 Å². The molecule has 0 aliphatic carbocycles. The molecule has 1 saturated heterocycles. The van der Waals surface area contributed by atoms with Gasteiger partial charge in [0.1, 0.15) is 0 Å². The predicted molar refractivity (Wildman–Crippen MR) is 75.7 cm³/mol. The lowest BCUT2D eigenvalue weighted by Gasteiger charge is -2.28. The Morgan fingerprint density at radius 1 is 1.56 bits per heavy atom. The van der Waals surface area contributed by atoms with Crippen molar-refractivity contribution in [1.29, 1.82) is 0 Å². The quantitative estimate of drug-likeness (QED) is 0.879. The van der Waals surface area contributed by atoms with Crippen LogP contribution in [0.3, 0.4) is 0 Å². The third-order valence-electron chi connectivity index (χ3n) is 3.82. The average molecular weight is 266 g/mol. The molecule has 0 bridgehead atoms. The van der Waals surface area contributed by atoms with Crippen LogP contribution in [0.15, 0.2) is 10.8 Å². The number of carbonyl (C=O) groups excluding carboxylic acids is 1. The molecule has 3 nitrogen and oxygen atoms in total. The Bertz CT molecular complexity index is 402. The minimum absolute atomic E-state index is 0.00245. The van der Waals surface area contributed by atoms with Crippen molar-refractivity contribution in [1.82, 2.24) is 10.6 Å². The van der Waals surface area contributed by atoms with Crippen LogP contribution in [-0.4, -0.2) is 18.5 Å². The van der Waals surface area contributed by atoms with Gasteiger partial charge >= 0.3 is 0 Å². The van der Waals surface area contributed by atoms with E-state index in [1.165, 1.54) is 24.0 Å². The maximum Gasteiger partial charge on any atom is 0.237 e. The van der Waals surface area contributed by atoms with Gasteiger partial charge in [-0.2, -0.15) is 11.3 Å². The van der Waals surface area contributed by atoms with Gasteiger partial charge in [0.2, 0.25) is 5.91 Å². The van der Waals surface area contributed by atoms with Gasteiger partial charge in [0, 0.05) is 6.54 Å². The summed E-state index contributed by atoms with van der Waals surface area (Å²) in [5.74, 6) is 0.851. The van der Waals surface area contributed by atoms with Crippen molar-refractivity contribution in [3.63, 3.8) is 0 Å². The fraction of sp³-hybridized carbons (Fsp3) is 0.643. The van der Waals surface area contributed by atoms with Gasteiger partial charge in [-0.05, 0) is 54.1 Å². The second kappa shape index (κ2) is 6.34. The first kappa shape index (κ1) is 13.6. The number of aryl methyl sites for hydroxylation is 1. The Balaban J connectivity index is 1.82. The van der Waals surface area contributed by atoms with E-state index in [0.29, 0.717) is 12.5 Å². The van der Waals surface area contributed by atoms with Crippen LogP contribution in [0.25, 0.3) is 0 Å². The second-order valence-corrected chi connectivity index (χ2v) is 5.85. The molecule has 1 aliphatic heterocycles. The summed E-state index contributed by atoms with van der Waals surface area (Å²) >= 11 is 1.69. The first-order chi connectivity index (χ1) is 8.70. The van der Waals surface area contributed by atoms with Crippen LogP contribution < -0.4 is 10.6 Å². The fourth-order valence-corrected chi connectivity index (χ4v) is 3.30. The Labute approximate surface area is 113 Å². The number of thiophene rings is 1. The van der Waals surface area contributed by atoms with Gasteiger partial charge in [0.25, 0.3) is 0 Å². The maximum atomic E-state index is 12.1. The third-order valence-corrected chi connectivity index (χ3v) is 4.73. The average Bonchev–Trinajstić information content (AvgIpc) is 2.81. The van der Waals surface area contributed by atoms with E-state index >= 15 is 0 Å². The molecule has 2 N–H and O–H groups in total. The summed E-state index contributed by atoms with van der Waals surface area (Å²) in [4.78, 5) is 12.1. The molecule has 1 amide bonds. The molecule has 0 spiro atoms. The zero-order valence-corrected chi connectivity index (χ0v) is 12.0. The summed E-state index contributed by atoms with van der Waals surface area (Å²) in [6, 6.07) is 0.00245. The van der Waals surface area contributed by atoms with Crippen molar-refractivity contribution >= 4 is 17.2 Å². The lowest BCUT2D eigenvalue weighted by Crippen LogP contribution is -2.48. The molecule has 1 fully saturated rings. The zero-order chi connectivity index (χ0) is 13.0. The van der Waals surface area contributed by atoms with Crippen molar-refractivity contribution in [3.05, 3.63) is 21.9 Å². The maximum absolute atomic E-state index is 12.1. The van der Waals surface area contributed by atoms with Crippen molar-refractivity contribution in [2.75, 3.05) is 6.54 Å². The smallest absolute Gasteiger partial charge is 0.237 e. The molecule has 2 heterocycles. The van der Waals surface area contributed by atoms with Crippen molar-refractivity contribution in [2.45, 2.75) is 45.7 Å². The molecule has 0 radical (unpaired) electrons. The number of rotatable bonds is 4. The van der Waals surface area contributed by atoms with Crippen LogP contribution in [-0.2, 0) is 11.3 Å². The number of hydrogen-bond acceptors (Lipinski definition) is 3. The van der Waals surface area contributed by atoms with E-state index in [2.05, 4.69) is 35.2 Å². The molecule has 1 aliphatic rings. The van der Waals surface area contributed by atoms with E-state index in [1.54, 1.807) is 11.3 Å². The Hall–Kier alpha value is -0.870. The molecular weight excluding hydrogens is 244 g/mol. The zero-order valence-electron chi connectivity index (χ0n) is 11.2. The van der Waals surface area contributed by atoms with Crippen LogP contribution in [0.5, 0.6) is 0 Å². The lowest BCUT2D eigenvalue weighted by molar-refractivity contribution is -0.124. The normalized spacial score (nSPS) is 23.9. The first-order valence-corrected chi connectivity index (χ1v) is 7.67. The topological polar surface area (TPSA) is 41.1 Å². The van der Waals surface area contributed by atoms with Crippen molar-refractivity contribution < 1.29 is 4.79 Å². The van der Waals surface area contributed by atoms with Gasteiger partial charge in [0.05, 0.1) is 6.04 Å². The molecule has 2 rings (SSSR count). The highest BCUT2D eigenvalue weighted by Gasteiger charge is 2.25. The number of amides is 1. The van der Waals surface area contributed by atoms with Gasteiger partial charge < -0.3 is 10.6 Å². The predicted octanol–water partition coefficient (Wildman–Crippen LogP) is 2.45. The highest BCUT2D eigenvalue weighted by molar-refractivity contribution is 7.08. The molecule has 18 heavy (non-hydrogen) atoms. The largest absolute Gasteiger partial charge is 0.351 e. The number of piperidine rings is 1. The molecule has 4 heteroatoms. The second-order valence-electron chi connectivity index (χ2n) is 5.10. The Morgan fingerprint density at radius 2 is 2.39 bits per heavy atom. The fourth-order valence-electron chi connectivity index (χ4n) is 2.44. The minimum atomic E-state index is 0.00245. The molecule has 2 atom stereocenters. The summed E-state index contributed by atoms with van der Waals surface area (Å²) < 4.78 is 0. The van der Waals surface area contributed by atoms with E-state index < -0.39 is 0 Å². The van der Waals surface area contributed by atoms with E-state index in [9.17, 15) is 4.79 Å². The summed E-state index contributed by atoms with van der Waals surface area (Å²) in [6.45, 7) is 5.92. The Morgan fingerprint density at radius 3 is 3.06 bits per heavy atom. The van der Waals surface area contributed by atoms with Gasteiger partial charge in [-0.15, -0.1) is 0 Å². The van der Waals surface area contributed by atoms with E-state index in [-0.39, 0.29) is 11.9 Å². The van der Waals surface area contributed by atoms with E-state index in [1.807, 2.05) is 0 Å². The van der Waals surface area contributed by atoms with Crippen LogP contribution in [0.1, 0.15) is 37.3 Å². The molecule has 1 aromatic heterocycles. The SMILES string of the molecule is CCC1CCNC(C(=O)NCc2cscc2C)C1. The highest BCUT2D eigenvalue weighted by Crippen LogP contribution is 2.19. The Kier molecular flexibility index (Phi) is 4.78. The lowest BCUT2D eigenvalue weighted by atomic mass is 9.90. The third kappa shape index (κ3) is 3.33. The molecule has 0 aromatic carbocycles. The van der Waals surface area contributed by atoms with Gasteiger partial charge in [0.15, 0.2) is 0 Å². The van der Waals surface area contributed by atoms with Crippen molar-refractivity contribution in [2.24, 2.45) is 5.92 Å². The van der Waals surface area contributed by atoms with Gasteiger partial charge in [-0.3, -0.25) is 4.79 Å². The standard InChI is InChI=1S/C14H22N2OS/c1-3-11-4-5-15-13(6-11)14(17)16-7-12-9-18-8-10(12)2/h8-9,11,13,15H,3-7H2,1-2H3,(H,16,17). The molecule has 1 aromatic rings. The van der Waals surface area contributed by atoms with Crippen molar-refractivity contribution in [3.8, 4) is 0 Å². The molecule has 2 unspecified atom stereocenters. The monoisotopic (exact) mass is 266 g/mol. The summed E-state index contributed by atoms with van der Waals surface area (Å²) in [7, 11) is 0. The van der Waals surface area contributed by atoms with Crippen LogP contribution in [0.4, 0.5) is 0 Å². The molecule has 100 valence electrons. The first-order valence-electron chi connectivity index (χ1n) is 6.73. The summed E-state index contributed by atoms with van der Waals surface area (Å²) in [6.07, 6.45) is 3.35. The van der Waals surface area contributed by atoms with Gasteiger partial charge in [-0.1, -0.05) is 13.3 Å². The summed E-state index contributed by atoms with van der Waals surface area (Å²) in [5.41, 5.74) is 2.50. The number of carbonyl (C=O) groups is 1. The summed E-state index contributed by atoms with van der Waals surface area (Å²) in [5, 5.41) is 10.6. The highest BCUT2D eigenvalue weighted by atomic mass is 32.1.